The highest BCUT2D eigenvalue weighted by molar-refractivity contribution is 8.00. The molecule has 3 fully saturated rings. The molecule has 0 aromatic carbocycles. The number of oxime groups is 1. The Morgan fingerprint density at radius 2 is 2.00 bits per heavy atom. The maximum Gasteiger partial charge on any atom is 0.352 e. The Bertz CT molecular complexity index is 1530. The van der Waals surface area contributed by atoms with E-state index in [1.165, 1.54) is 21.6 Å². The first-order valence-electron chi connectivity index (χ1n) is 13.8. The molecule has 1 aliphatic carbocycles. The number of aromatic nitrogens is 2. The van der Waals surface area contributed by atoms with Crippen LogP contribution in [0.3, 0.4) is 0 Å². The van der Waals surface area contributed by atoms with E-state index in [1.54, 1.807) is 28.7 Å². The van der Waals surface area contributed by atoms with Crippen LogP contribution in [0, 0.1) is 0 Å². The Labute approximate surface area is 255 Å². The Balaban J connectivity index is 1.23. The van der Waals surface area contributed by atoms with Gasteiger partial charge in [0.1, 0.15) is 35.2 Å². The van der Waals surface area contributed by atoms with Gasteiger partial charge in [-0.1, -0.05) is 5.16 Å². The first-order chi connectivity index (χ1) is 20.8. The maximum absolute atomic E-state index is 13.6. The lowest BCUT2D eigenvalue weighted by Gasteiger charge is -2.51. The zero-order chi connectivity index (χ0) is 30.1. The molecule has 2 saturated heterocycles. The van der Waals surface area contributed by atoms with Gasteiger partial charge >= 0.3 is 5.97 Å². The molecular weight excluding hydrogens is 594 g/mol. The number of pyridine rings is 1. The lowest BCUT2D eigenvalue weighted by molar-refractivity contribution is -0.148. The van der Waals surface area contributed by atoms with Crippen molar-refractivity contribution in [3.8, 4) is 0 Å². The first-order valence-corrected chi connectivity index (χ1v) is 15.8. The summed E-state index contributed by atoms with van der Waals surface area (Å²) in [6.45, 7) is 0.926. The van der Waals surface area contributed by atoms with Crippen molar-refractivity contribution in [3.05, 3.63) is 58.4 Å². The quantitative estimate of drug-likeness (QED) is 0.183. The molecule has 0 radical (unpaired) electrons. The Morgan fingerprint density at radius 1 is 1.23 bits per heavy atom. The number of anilines is 2. The van der Waals surface area contributed by atoms with Crippen molar-refractivity contribution < 1.29 is 29.1 Å². The Kier molecular flexibility index (Phi) is 8.17. The summed E-state index contributed by atoms with van der Waals surface area (Å²) in [5.41, 5.74) is 7.44. The number of rotatable bonds is 9. The van der Waals surface area contributed by atoms with Crippen molar-refractivity contribution in [2.45, 2.75) is 56.2 Å². The summed E-state index contributed by atoms with van der Waals surface area (Å²) in [5, 5.41) is 15.1. The van der Waals surface area contributed by atoms with E-state index in [-0.39, 0.29) is 34.4 Å². The molecule has 1 saturated carbocycles. The van der Waals surface area contributed by atoms with Gasteiger partial charge in [-0.25, -0.2) is 9.78 Å². The minimum absolute atomic E-state index is 0.0487. The van der Waals surface area contributed by atoms with Gasteiger partial charge in [0.2, 0.25) is 5.91 Å². The number of carboxylic acid groups (broad SMARTS) is 1. The van der Waals surface area contributed by atoms with Crippen LogP contribution in [0.25, 0.3) is 0 Å². The number of nitrogens with two attached hydrogens (primary N) is 1. The van der Waals surface area contributed by atoms with Crippen LogP contribution in [0.1, 0.15) is 37.7 Å². The second kappa shape index (κ2) is 12.2. The molecule has 3 N–H and O–H groups in total. The number of β-lactam (4-membered cyclic amide) rings is 1. The highest BCUT2D eigenvalue weighted by Gasteiger charge is 2.57. The SMILES string of the molecule is Nc1nc(N(C(=O)/C=N\OC2CCCC2)[C@@H]2C(=O)N3C(C(=O)O)=C(/C=C4\CCN(Cc5ccncc5)C4=O)CS[C@H]23)cs1. The van der Waals surface area contributed by atoms with Crippen molar-refractivity contribution in [2.24, 2.45) is 5.16 Å². The number of nitrogen functional groups attached to an aromatic ring is 1. The molecule has 6 rings (SSSR count). The standard InChI is InChI=1S/C28H29N7O6S2/c29-28-32-20(15-43-28)34(21(36)12-31-41-19-3-1-2-4-19)23-25(38)35-22(27(39)40)18(14-42-26(23)35)11-17-7-10-33(24(17)37)13-16-5-8-30-9-6-16/h5-6,8-9,11-12,15,19,23,26H,1-4,7,10,13-14H2,(H2,29,32)(H,39,40)/b17-11+,31-12-/t23-,26-/m1/s1. The topological polar surface area (TPSA) is 172 Å². The van der Waals surface area contributed by atoms with Crippen LogP contribution in [-0.2, 0) is 30.6 Å². The van der Waals surface area contributed by atoms with E-state index in [2.05, 4.69) is 15.1 Å². The third-order valence-corrected chi connectivity index (χ3v) is 9.75. The number of nitrogens with zero attached hydrogens (tertiary/aromatic N) is 6. The maximum atomic E-state index is 13.6. The van der Waals surface area contributed by atoms with E-state index in [4.69, 9.17) is 10.6 Å². The van der Waals surface area contributed by atoms with E-state index < -0.39 is 29.2 Å². The minimum Gasteiger partial charge on any atom is -0.477 e. The van der Waals surface area contributed by atoms with Gasteiger partial charge in [-0.2, -0.15) is 0 Å². The van der Waals surface area contributed by atoms with Gasteiger partial charge in [0.25, 0.3) is 11.8 Å². The summed E-state index contributed by atoms with van der Waals surface area (Å²) in [5.74, 6) is -2.25. The molecule has 15 heteroatoms. The number of carbonyl (C=O) groups is 4. The lowest BCUT2D eigenvalue weighted by atomic mass is 10.00. The molecule has 2 aromatic heterocycles. The number of hydrogen-bond donors (Lipinski definition) is 2. The largest absolute Gasteiger partial charge is 0.477 e. The number of fused-ring (bicyclic) bond motifs is 1. The van der Waals surface area contributed by atoms with Crippen molar-refractivity contribution in [1.29, 1.82) is 0 Å². The van der Waals surface area contributed by atoms with Crippen LogP contribution in [0.2, 0.25) is 0 Å². The molecule has 3 aliphatic heterocycles. The number of hydrogen-bond acceptors (Lipinski definition) is 11. The second-order valence-corrected chi connectivity index (χ2v) is 12.5. The summed E-state index contributed by atoms with van der Waals surface area (Å²) >= 11 is 2.43. The first kappa shape index (κ1) is 28.9. The van der Waals surface area contributed by atoms with E-state index in [0.717, 1.165) is 48.8 Å². The summed E-state index contributed by atoms with van der Waals surface area (Å²) in [4.78, 5) is 70.3. The predicted molar refractivity (Wildman–Crippen MR) is 160 cm³/mol. The van der Waals surface area contributed by atoms with Crippen molar-refractivity contribution in [3.63, 3.8) is 0 Å². The van der Waals surface area contributed by atoms with E-state index in [9.17, 15) is 24.3 Å². The summed E-state index contributed by atoms with van der Waals surface area (Å²) in [6.07, 6.45) is 10.2. The van der Waals surface area contributed by atoms with Gasteiger partial charge in [0, 0.05) is 42.2 Å². The fourth-order valence-corrected chi connectivity index (χ4v) is 7.60. The number of thiazole rings is 1. The van der Waals surface area contributed by atoms with Gasteiger partial charge < -0.3 is 20.6 Å². The van der Waals surface area contributed by atoms with E-state index >= 15 is 0 Å². The van der Waals surface area contributed by atoms with Gasteiger partial charge in [-0.3, -0.25) is 29.2 Å². The fourth-order valence-electron chi connectivity index (χ4n) is 5.71. The molecule has 0 bridgehead atoms. The molecule has 43 heavy (non-hydrogen) atoms. The fraction of sp³-hybridized carbons (Fsp3) is 0.393. The molecule has 0 unspecified atom stereocenters. The van der Waals surface area contributed by atoms with Crippen LogP contribution in [0.15, 0.2) is 58.0 Å². The molecule has 2 aromatic rings. The van der Waals surface area contributed by atoms with Crippen LogP contribution in [0.5, 0.6) is 0 Å². The number of likely N-dealkylation sites (tertiary alicyclic amines) is 1. The Morgan fingerprint density at radius 3 is 2.70 bits per heavy atom. The predicted octanol–water partition coefficient (Wildman–Crippen LogP) is 2.38. The minimum atomic E-state index is -1.29. The molecule has 224 valence electrons. The van der Waals surface area contributed by atoms with Crippen molar-refractivity contribution in [2.75, 3.05) is 22.9 Å². The smallest absolute Gasteiger partial charge is 0.352 e. The van der Waals surface area contributed by atoms with Gasteiger partial charge in [-0.05, 0) is 61.4 Å². The number of carbonyl (C=O) groups excluding carboxylic acids is 3. The molecule has 0 spiro atoms. The second-order valence-electron chi connectivity index (χ2n) is 10.5. The number of thioether (sulfide) groups is 1. The molecule has 13 nitrogen and oxygen atoms in total. The number of carboxylic acids is 1. The van der Waals surface area contributed by atoms with Gasteiger partial charge in [0.05, 0.1) is 0 Å². The van der Waals surface area contributed by atoms with E-state index in [1.807, 2.05) is 12.1 Å². The average Bonchev–Trinajstić information content (AvgIpc) is 3.75. The lowest BCUT2D eigenvalue weighted by Crippen LogP contribution is -2.71. The highest BCUT2D eigenvalue weighted by Crippen LogP contribution is 2.44. The van der Waals surface area contributed by atoms with Crippen LogP contribution in [-0.4, -0.2) is 84.6 Å². The van der Waals surface area contributed by atoms with Crippen molar-refractivity contribution in [1.82, 2.24) is 19.8 Å². The van der Waals surface area contributed by atoms with Crippen molar-refractivity contribution >= 4 is 64.0 Å². The summed E-state index contributed by atoms with van der Waals surface area (Å²) < 4.78 is 0. The summed E-state index contributed by atoms with van der Waals surface area (Å²) in [7, 11) is 0. The van der Waals surface area contributed by atoms with Gasteiger partial charge in [-0.15, -0.1) is 23.1 Å². The van der Waals surface area contributed by atoms with Crippen LogP contribution >= 0.6 is 23.1 Å². The van der Waals surface area contributed by atoms with Crippen LogP contribution < -0.4 is 10.6 Å². The normalized spacial score (nSPS) is 23.3. The number of aliphatic carboxylic acids is 1. The zero-order valence-corrected chi connectivity index (χ0v) is 24.6. The molecule has 5 heterocycles. The molecule has 4 aliphatic rings. The third-order valence-electron chi connectivity index (χ3n) is 7.80. The van der Waals surface area contributed by atoms with E-state index in [0.29, 0.717) is 30.7 Å². The molecular formula is C28H29N7O6S2. The number of allylic oxidation sites excluding steroid dienone is 1. The third kappa shape index (κ3) is 5.73. The molecule has 3 amide bonds. The number of amides is 3. The summed E-state index contributed by atoms with van der Waals surface area (Å²) in [6, 6.07) is 2.66. The zero-order valence-electron chi connectivity index (χ0n) is 23.0. The highest BCUT2D eigenvalue weighted by atomic mass is 32.2. The van der Waals surface area contributed by atoms with Crippen LogP contribution in [0.4, 0.5) is 10.9 Å². The average molecular weight is 624 g/mol. The molecule has 2 atom stereocenters. The monoisotopic (exact) mass is 623 g/mol. The van der Waals surface area contributed by atoms with Gasteiger partial charge in [0.15, 0.2) is 5.13 Å². The Hall–Kier alpha value is -4.24.